The SMILES string of the molecule is O=[N+]([O-])c1cc([N+](=O)[O-])c(Oc2ccc3cc4ccccc4cc3n2)c([N+](=O)[O-])c1. The van der Waals surface area contributed by atoms with Crippen LogP contribution in [0.2, 0.25) is 0 Å². The number of hydrogen-bond acceptors (Lipinski definition) is 8. The topological polar surface area (TPSA) is 152 Å². The normalized spacial score (nSPS) is 10.8. The number of aromatic nitrogens is 1. The van der Waals surface area contributed by atoms with Gasteiger partial charge >= 0.3 is 11.4 Å². The maximum Gasteiger partial charge on any atom is 0.325 e. The predicted octanol–water partition coefficient (Wildman–Crippen LogP) is 4.90. The largest absolute Gasteiger partial charge is 0.425 e. The zero-order chi connectivity index (χ0) is 21.4. The number of non-ortho nitro benzene ring substituents is 1. The molecule has 0 saturated carbocycles. The van der Waals surface area contributed by atoms with Crippen LogP contribution in [-0.4, -0.2) is 19.8 Å². The third-order valence-electron chi connectivity index (χ3n) is 4.38. The molecular formula is C19H10N4O7. The fourth-order valence-corrected chi connectivity index (χ4v) is 3.02. The van der Waals surface area contributed by atoms with Crippen molar-refractivity contribution >= 4 is 38.7 Å². The number of benzene rings is 3. The van der Waals surface area contributed by atoms with Gasteiger partial charge in [-0.3, -0.25) is 30.3 Å². The van der Waals surface area contributed by atoms with Crippen molar-refractivity contribution in [3.8, 4) is 11.6 Å². The highest BCUT2D eigenvalue weighted by Crippen LogP contribution is 2.42. The average molecular weight is 406 g/mol. The molecule has 11 nitrogen and oxygen atoms in total. The van der Waals surface area contributed by atoms with E-state index in [1.54, 1.807) is 12.1 Å². The number of hydrogen-bond donors (Lipinski definition) is 0. The molecule has 1 aromatic heterocycles. The first-order chi connectivity index (χ1) is 14.3. The van der Waals surface area contributed by atoms with Gasteiger partial charge in [0.15, 0.2) is 0 Å². The molecule has 0 bridgehead atoms. The van der Waals surface area contributed by atoms with Crippen LogP contribution in [0.25, 0.3) is 21.7 Å². The lowest BCUT2D eigenvalue weighted by atomic mass is 10.1. The monoisotopic (exact) mass is 406 g/mol. The molecule has 0 unspecified atom stereocenters. The van der Waals surface area contributed by atoms with Gasteiger partial charge in [0.25, 0.3) is 11.4 Å². The van der Waals surface area contributed by atoms with E-state index in [-0.39, 0.29) is 5.88 Å². The molecule has 0 atom stereocenters. The third kappa shape index (κ3) is 3.30. The lowest BCUT2D eigenvalue weighted by Gasteiger charge is -2.08. The van der Waals surface area contributed by atoms with E-state index in [2.05, 4.69) is 4.98 Å². The Morgan fingerprint density at radius 1 is 0.700 bits per heavy atom. The van der Waals surface area contributed by atoms with Crippen molar-refractivity contribution < 1.29 is 19.5 Å². The molecule has 3 aromatic carbocycles. The quantitative estimate of drug-likeness (QED) is 0.258. The van der Waals surface area contributed by atoms with E-state index in [1.807, 2.05) is 30.3 Å². The van der Waals surface area contributed by atoms with Crippen LogP contribution in [0.15, 0.2) is 60.7 Å². The second-order valence-electron chi connectivity index (χ2n) is 6.23. The minimum absolute atomic E-state index is 0.127. The van der Waals surface area contributed by atoms with Crippen molar-refractivity contribution in [1.29, 1.82) is 0 Å². The van der Waals surface area contributed by atoms with Crippen molar-refractivity contribution in [3.63, 3.8) is 0 Å². The zero-order valence-electron chi connectivity index (χ0n) is 14.9. The second kappa shape index (κ2) is 7.05. The van der Waals surface area contributed by atoms with Crippen molar-refractivity contribution in [2.45, 2.75) is 0 Å². The van der Waals surface area contributed by atoms with Gasteiger partial charge in [-0.1, -0.05) is 24.3 Å². The Labute approximate surface area is 166 Å². The molecule has 0 aliphatic rings. The Hall–Kier alpha value is -4.67. The molecule has 0 amide bonds. The molecule has 4 rings (SSSR count). The average Bonchev–Trinajstić information content (AvgIpc) is 2.71. The molecule has 0 radical (unpaired) electrons. The van der Waals surface area contributed by atoms with Gasteiger partial charge < -0.3 is 4.74 Å². The highest BCUT2D eigenvalue weighted by molar-refractivity contribution is 5.96. The summed E-state index contributed by atoms with van der Waals surface area (Å²) >= 11 is 0. The van der Waals surface area contributed by atoms with Gasteiger partial charge in [0, 0.05) is 11.5 Å². The molecule has 0 N–H and O–H groups in total. The van der Waals surface area contributed by atoms with Gasteiger partial charge in [-0.05, 0) is 29.0 Å². The van der Waals surface area contributed by atoms with Crippen LogP contribution in [0.5, 0.6) is 11.6 Å². The summed E-state index contributed by atoms with van der Waals surface area (Å²) in [5, 5.41) is 36.4. The Bertz CT molecular complexity index is 1330. The standard InChI is InChI=1S/C19H10N4O7/c24-21(25)14-9-16(22(26)27)19(17(10-14)23(28)29)30-18-6-5-13-7-11-3-1-2-4-12(11)8-15(13)20-18/h1-10H. The number of fused-ring (bicyclic) bond motifs is 2. The van der Waals surface area contributed by atoms with Crippen LogP contribution in [0.4, 0.5) is 17.1 Å². The number of nitro groups is 3. The molecule has 0 fully saturated rings. The number of nitro benzene ring substituents is 3. The number of rotatable bonds is 5. The summed E-state index contributed by atoms with van der Waals surface area (Å²) in [6.07, 6.45) is 0. The van der Waals surface area contributed by atoms with E-state index >= 15 is 0 Å². The Morgan fingerprint density at radius 2 is 1.30 bits per heavy atom. The smallest absolute Gasteiger partial charge is 0.325 e. The van der Waals surface area contributed by atoms with E-state index in [0.29, 0.717) is 17.6 Å². The molecule has 0 spiro atoms. The lowest BCUT2D eigenvalue weighted by Crippen LogP contribution is -2.01. The molecule has 4 aromatic rings. The predicted molar refractivity (Wildman–Crippen MR) is 106 cm³/mol. The summed E-state index contributed by atoms with van der Waals surface area (Å²) in [6.45, 7) is 0. The minimum atomic E-state index is -0.982. The molecule has 0 aliphatic carbocycles. The van der Waals surface area contributed by atoms with Gasteiger partial charge in [-0.25, -0.2) is 4.98 Å². The van der Waals surface area contributed by atoms with Crippen LogP contribution in [-0.2, 0) is 0 Å². The Morgan fingerprint density at radius 3 is 1.87 bits per heavy atom. The molecule has 148 valence electrons. The number of ether oxygens (including phenoxy) is 1. The summed E-state index contributed by atoms with van der Waals surface area (Å²) in [5.41, 5.74) is -2.09. The maximum absolute atomic E-state index is 11.4. The van der Waals surface area contributed by atoms with Crippen LogP contribution in [0, 0.1) is 30.3 Å². The molecule has 0 aliphatic heterocycles. The Kier molecular flexibility index (Phi) is 4.39. The zero-order valence-corrected chi connectivity index (χ0v) is 14.9. The molecule has 0 saturated heterocycles. The fourth-order valence-electron chi connectivity index (χ4n) is 3.02. The first-order valence-electron chi connectivity index (χ1n) is 8.42. The fraction of sp³-hybridized carbons (Fsp3) is 0. The highest BCUT2D eigenvalue weighted by atomic mass is 16.6. The molecule has 1 heterocycles. The number of nitrogens with zero attached hydrogens (tertiary/aromatic N) is 4. The number of pyridine rings is 1. The van der Waals surface area contributed by atoms with E-state index in [0.717, 1.165) is 16.2 Å². The van der Waals surface area contributed by atoms with Crippen LogP contribution < -0.4 is 4.74 Å². The van der Waals surface area contributed by atoms with Gasteiger partial charge in [-0.2, -0.15) is 0 Å². The van der Waals surface area contributed by atoms with E-state index in [1.165, 1.54) is 6.07 Å². The van der Waals surface area contributed by atoms with Crippen molar-refractivity contribution in [2.24, 2.45) is 0 Å². The first-order valence-corrected chi connectivity index (χ1v) is 8.42. The van der Waals surface area contributed by atoms with Crippen LogP contribution in [0.1, 0.15) is 0 Å². The molecule has 30 heavy (non-hydrogen) atoms. The van der Waals surface area contributed by atoms with E-state index in [4.69, 9.17) is 4.74 Å². The summed E-state index contributed by atoms with van der Waals surface area (Å²) < 4.78 is 5.40. The first kappa shape index (κ1) is 18.7. The van der Waals surface area contributed by atoms with Crippen molar-refractivity contribution in [3.05, 3.63) is 91.0 Å². The van der Waals surface area contributed by atoms with E-state index < -0.39 is 37.6 Å². The molecule has 11 heteroatoms. The Balaban J connectivity index is 1.85. The lowest BCUT2D eigenvalue weighted by molar-refractivity contribution is -0.404. The third-order valence-corrected chi connectivity index (χ3v) is 4.38. The molecular weight excluding hydrogens is 396 g/mol. The van der Waals surface area contributed by atoms with E-state index in [9.17, 15) is 30.3 Å². The summed E-state index contributed by atoms with van der Waals surface area (Å²) in [4.78, 5) is 35.1. The van der Waals surface area contributed by atoms with Gasteiger partial charge in [0.05, 0.1) is 32.4 Å². The van der Waals surface area contributed by atoms with Crippen LogP contribution >= 0.6 is 0 Å². The van der Waals surface area contributed by atoms with Gasteiger partial charge in [-0.15, -0.1) is 0 Å². The summed E-state index contributed by atoms with van der Waals surface area (Å²) in [7, 11) is 0. The van der Waals surface area contributed by atoms with Crippen molar-refractivity contribution in [2.75, 3.05) is 0 Å². The maximum atomic E-state index is 11.4. The van der Waals surface area contributed by atoms with Gasteiger partial charge in [0.1, 0.15) is 0 Å². The van der Waals surface area contributed by atoms with Crippen molar-refractivity contribution in [1.82, 2.24) is 4.98 Å². The summed E-state index contributed by atoms with van der Waals surface area (Å²) in [5.74, 6) is -0.860. The second-order valence-corrected chi connectivity index (χ2v) is 6.23. The minimum Gasteiger partial charge on any atom is -0.425 e. The highest BCUT2D eigenvalue weighted by Gasteiger charge is 2.33. The van der Waals surface area contributed by atoms with Gasteiger partial charge in [0.2, 0.25) is 5.88 Å². The van der Waals surface area contributed by atoms with Crippen LogP contribution in [0.3, 0.4) is 0 Å². The summed E-state index contributed by atoms with van der Waals surface area (Å²) in [6, 6.07) is 15.5.